The molecule has 0 fully saturated rings. The molecule has 1 amide bonds. The largest absolute Gasteiger partial charge is 0.493 e. The summed E-state index contributed by atoms with van der Waals surface area (Å²) in [6.45, 7) is 3.84. The molecule has 0 aromatic heterocycles. The fourth-order valence-electron chi connectivity index (χ4n) is 3.13. The summed E-state index contributed by atoms with van der Waals surface area (Å²) in [4.78, 5) is 11.6. The molecule has 6 heteroatoms. The first-order chi connectivity index (χ1) is 13.2. The third kappa shape index (κ3) is 4.92. The summed E-state index contributed by atoms with van der Waals surface area (Å²) in [5.74, 6) is 1.98. The minimum Gasteiger partial charge on any atom is -0.493 e. The number of fused-ring (bicyclic) bond motifs is 1. The number of likely N-dealkylation sites (N-methyl/N-ethyl adjacent to an activating group) is 1. The van der Waals surface area contributed by atoms with Crippen LogP contribution in [-0.2, 0) is 11.3 Å². The minimum absolute atomic E-state index is 0.0271. The predicted molar refractivity (Wildman–Crippen MR) is 103 cm³/mol. The van der Waals surface area contributed by atoms with Crippen LogP contribution in [0.1, 0.15) is 30.5 Å². The molecule has 1 aliphatic rings. The van der Waals surface area contributed by atoms with Gasteiger partial charge in [0.1, 0.15) is 5.75 Å². The predicted octanol–water partition coefficient (Wildman–Crippen LogP) is 2.82. The number of para-hydroxylation sites is 1. The zero-order valence-corrected chi connectivity index (χ0v) is 15.8. The quantitative estimate of drug-likeness (QED) is 0.748. The van der Waals surface area contributed by atoms with Gasteiger partial charge in [0.2, 0.25) is 0 Å². The Morgan fingerprint density at radius 1 is 1.22 bits per heavy atom. The average molecular weight is 370 g/mol. The molecule has 0 unspecified atom stereocenters. The summed E-state index contributed by atoms with van der Waals surface area (Å²) in [6, 6.07) is 14.1. The fraction of sp³-hybridized carbons (Fsp3) is 0.381. The maximum absolute atomic E-state index is 11.6. The number of carbonyl (C=O) groups is 1. The van der Waals surface area contributed by atoms with Crippen molar-refractivity contribution in [3.05, 3.63) is 53.6 Å². The van der Waals surface area contributed by atoms with Gasteiger partial charge in [0.25, 0.3) is 5.91 Å². The molecule has 0 spiro atoms. The van der Waals surface area contributed by atoms with Crippen molar-refractivity contribution >= 4 is 5.91 Å². The lowest BCUT2D eigenvalue weighted by molar-refractivity contribution is -0.123. The van der Waals surface area contributed by atoms with E-state index in [-0.39, 0.29) is 18.6 Å². The monoisotopic (exact) mass is 370 g/mol. The first kappa shape index (κ1) is 19.0. The van der Waals surface area contributed by atoms with Crippen LogP contribution in [0.5, 0.6) is 17.2 Å². The van der Waals surface area contributed by atoms with E-state index in [9.17, 15) is 4.79 Å². The van der Waals surface area contributed by atoms with Crippen LogP contribution in [0.3, 0.4) is 0 Å². The third-order valence-electron chi connectivity index (χ3n) is 4.47. The van der Waals surface area contributed by atoms with Crippen LogP contribution in [0.2, 0.25) is 0 Å². The van der Waals surface area contributed by atoms with Gasteiger partial charge >= 0.3 is 0 Å². The van der Waals surface area contributed by atoms with Gasteiger partial charge in [-0.3, -0.25) is 4.79 Å². The molecule has 144 valence electrons. The summed E-state index contributed by atoms with van der Waals surface area (Å²) >= 11 is 0. The number of ether oxygens (including phenoxy) is 3. The second-order valence-corrected chi connectivity index (χ2v) is 6.34. The van der Waals surface area contributed by atoms with Crippen LogP contribution in [-0.4, -0.2) is 32.8 Å². The van der Waals surface area contributed by atoms with Crippen molar-refractivity contribution in [1.29, 1.82) is 0 Å². The lowest BCUT2D eigenvalue weighted by Gasteiger charge is -2.27. The van der Waals surface area contributed by atoms with Gasteiger partial charge in [-0.1, -0.05) is 24.3 Å². The zero-order valence-electron chi connectivity index (χ0n) is 15.8. The number of amides is 1. The van der Waals surface area contributed by atoms with Crippen molar-refractivity contribution in [3.63, 3.8) is 0 Å². The highest BCUT2D eigenvalue weighted by Gasteiger charge is 2.20. The van der Waals surface area contributed by atoms with E-state index in [0.29, 0.717) is 31.2 Å². The number of methoxy groups -OCH3 is 1. The van der Waals surface area contributed by atoms with Gasteiger partial charge in [-0.15, -0.1) is 0 Å². The molecule has 1 atom stereocenters. The maximum atomic E-state index is 11.6. The molecule has 0 saturated carbocycles. The van der Waals surface area contributed by atoms with Gasteiger partial charge in [-0.2, -0.15) is 0 Å². The van der Waals surface area contributed by atoms with Crippen LogP contribution in [0, 0.1) is 0 Å². The lowest BCUT2D eigenvalue weighted by Crippen LogP contribution is -2.28. The van der Waals surface area contributed by atoms with Gasteiger partial charge in [0.05, 0.1) is 13.7 Å². The Balaban J connectivity index is 1.62. The number of nitrogens with one attached hydrogen (secondary N) is 2. The number of benzene rings is 2. The van der Waals surface area contributed by atoms with Gasteiger partial charge < -0.3 is 24.8 Å². The lowest BCUT2D eigenvalue weighted by atomic mass is 10.0. The van der Waals surface area contributed by atoms with Crippen LogP contribution in [0.25, 0.3) is 0 Å². The van der Waals surface area contributed by atoms with Gasteiger partial charge in [0, 0.05) is 31.1 Å². The second-order valence-electron chi connectivity index (χ2n) is 6.34. The molecule has 27 heavy (non-hydrogen) atoms. The summed E-state index contributed by atoms with van der Waals surface area (Å²) in [5.41, 5.74) is 2.28. The van der Waals surface area contributed by atoms with Gasteiger partial charge in [-0.25, -0.2) is 0 Å². The smallest absolute Gasteiger partial charge is 0.257 e. The Morgan fingerprint density at radius 3 is 2.89 bits per heavy atom. The highest BCUT2D eigenvalue weighted by molar-refractivity contribution is 5.77. The van der Waals surface area contributed by atoms with E-state index in [1.54, 1.807) is 7.11 Å². The van der Waals surface area contributed by atoms with Crippen LogP contribution >= 0.6 is 0 Å². The Bertz CT molecular complexity index is 779. The van der Waals surface area contributed by atoms with Crippen LogP contribution in [0.4, 0.5) is 0 Å². The molecule has 0 bridgehead atoms. The van der Waals surface area contributed by atoms with Crippen molar-refractivity contribution in [2.45, 2.75) is 25.9 Å². The number of rotatable bonds is 8. The topological polar surface area (TPSA) is 68.8 Å². The summed E-state index contributed by atoms with van der Waals surface area (Å²) in [7, 11) is 1.60. The molecular weight excluding hydrogens is 344 g/mol. The molecule has 3 rings (SSSR count). The summed E-state index contributed by atoms with van der Waals surface area (Å²) < 4.78 is 16.7. The Labute approximate surface area is 159 Å². The zero-order chi connectivity index (χ0) is 19.1. The fourth-order valence-corrected chi connectivity index (χ4v) is 3.13. The summed E-state index contributed by atoms with van der Waals surface area (Å²) in [6.07, 6.45) is 0.932. The number of hydrogen-bond donors (Lipinski definition) is 2. The maximum Gasteiger partial charge on any atom is 0.257 e. The van der Waals surface area contributed by atoms with Crippen molar-refractivity contribution in [2.75, 3.05) is 26.9 Å². The van der Waals surface area contributed by atoms with Crippen molar-refractivity contribution in [1.82, 2.24) is 10.6 Å². The van der Waals surface area contributed by atoms with E-state index >= 15 is 0 Å². The molecule has 1 heterocycles. The van der Waals surface area contributed by atoms with E-state index < -0.39 is 0 Å². The third-order valence-corrected chi connectivity index (χ3v) is 4.47. The highest BCUT2D eigenvalue weighted by atomic mass is 16.5. The minimum atomic E-state index is -0.150. The molecular formula is C21H26N2O4. The van der Waals surface area contributed by atoms with E-state index in [1.165, 1.54) is 5.56 Å². The molecule has 0 saturated heterocycles. The van der Waals surface area contributed by atoms with Crippen LogP contribution in [0.15, 0.2) is 42.5 Å². The number of hydrogen-bond acceptors (Lipinski definition) is 5. The average Bonchev–Trinajstić information content (AvgIpc) is 2.71. The number of carbonyl (C=O) groups excluding carboxylic acids is 1. The molecule has 2 N–H and O–H groups in total. The second kappa shape index (κ2) is 9.28. The van der Waals surface area contributed by atoms with E-state index in [2.05, 4.69) is 16.7 Å². The molecule has 6 nitrogen and oxygen atoms in total. The first-order valence-electron chi connectivity index (χ1n) is 9.22. The van der Waals surface area contributed by atoms with E-state index in [0.717, 1.165) is 17.7 Å². The van der Waals surface area contributed by atoms with Crippen molar-refractivity contribution in [3.8, 4) is 17.2 Å². The Hall–Kier alpha value is -2.73. The molecule has 2 aromatic rings. The van der Waals surface area contributed by atoms with E-state index in [1.807, 2.05) is 43.3 Å². The van der Waals surface area contributed by atoms with Gasteiger partial charge in [0.15, 0.2) is 18.1 Å². The molecule has 1 aliphatic heterocycles. The molecule has 0 radical (unpaired) electrons. The standard InChI is InChI=1S/C21H26N2O4/c1-3-22-21(24)14-27-19-9-8-15(12-20(19)25-2)13-23-17-10-11-26-18-7-5-4-6-16(17)18/h4-9,12,17,23H,3,10-11,13-14H2,1-2H3,(H,22,24)/t17-/m0/s1. The molecule has 2 aromatic carbocycles. The van der Waals surface area contributed by atoms with E-state index in [4.69, 9.17) is 14.2 Å². The SMILES string of the molecule is CCNC(=O)COc1ccc(CN[C@H]2CCOc3ccccc32)cc1OC. The first-order valence-corrected chi connectivity index (χ1v) is 9.22. The van der Waals surface area contributed by atoms with Gasteiger partial charge in [-0.05, 0) is 30.7 Å². The Kier molecular flexibility index (Phi) is 6.54. The summed E-state index contributed by atoms with van der Waals surface area (Å²) in [5, 5.41) is 6.30. The highest BCUT2D eigenvalue weighted by Crippen LogP contribution is 2.32. The van der Waals surface area contributed by atoms with Crippen LogP contribution < -0.4 is 24.8 Å². The van der Waals surface area contributed by atoms with Crippen molar-refractivity contribution in [2.24, 2.45) is 0 Å². The Morgan fingerprint density at radius 2 is 2.07 bits per heavy atom. The molecule has 0 aliphatic carbocycles. The normalized spacial score (nSPS) is 15.4. The van der Waals surface area contributed by atoms with Crippen molar-refractivity contribution < 1.29 is 19.0 Å².